The van der Waals surface area contributed by atoms with Crippen molar-refractivity contribution in [1.29, 1.82) is 0 Å². The molecule has 0 spiro atoms. The highest BCUT2D eigenvalue weighted by molar-refractivity contribution is 5.80. The SMILES string of the molecule is CCCCCCCCCC/C=C\CCCCCCCCC(O)C(=O)NC(CO)C(O)CCCCCCCCCCCCCCCCCCCCC. The average molecular weight is 722 g/mol. The summed E-state index contributed by atoms with van der Waals surface area (Å²) >= 11 is 0. The lowest BCUT2D eigenvalue weighted by atomic mass is 10.0. The minimum Gasteiger partial charge on any atom is -0.394 e. The van der Waals surface area contributed by atoms with Crippen LogP contribution in [-0.4, -0.2) is 46.1 Å². The standard InChI is InChI=1S/C46H91NO4/c1-3-5-7-9-11-13-15-17-19-21-23-25-26-28-30-32-34-36-38-40-44(49)43(42-48)47-46(51)45(50)41-39-37-35-33-31-29-27-24-22-20-18-16-14-12-10-8-6-4-2/h22,24,43-45,48-50H,3-21,23,25-42H2,1-2H3,(H,47,51)/b24-22-. The summed E-state index contributed by atoms with van der Waals surface area (Å²) in [6.07, 6.45) is 49.3. The van der Waals surface area contributed by atoms with Gasteiger partial charge in [0, 0.05) is 0 Å². The Morgan fingerprint density at radius 1 is 0.451 bits per heavy atom. The summed E-state index contributed by atoms with van der Waals surface area (Å²) < 4.78 is 0. The maximum absolute atomic E-state index is 12.5. The van der Waals surface area contributed by atoms with Gasteiger partial charge in [0.25, 0.3) is 0 Å². The Labute approximate surface area is 319 Å². The highest BCUT2D eigenvalue weighted by Crippen LogP contribution is 2.16. The first-order valence-corrected chi connectivity index (χ1v) is 23.0. The summed E-state index contributed by atoms with van der Waals surface area (Å²) in [5.74, 6) is -0.472. The predicted molar refractivity (Wildman–Crippen MR) is 222 cm³/mol. The van der Waals surface area contributed by atoms with Crippen molar-refractivity contribution >= 4 is 5.91 Å². The molecule has 0 aromatic heterocycles. The number of aliphatic hydroxyl groups is 3. The molecule has 0 aromatic carbocycles. The number of carbonyl (C=O) groups is 1. The smallest absolute Gasteiger partial charge is 0.249 e. The van der Waals surface area contributed by atoms with E-state index in [9.17, 15) is 20.1 Å². The second-order valence-electron chi connectivity index (χ2n) is 16.0. The zero-order chi connectivity index (χ0) is 37.3. The number of hydrogen-bond acceptors (Lipinski definition) is 4. The zero-order valence-electron chi connectivity index (χ0n) is 34.5. The number of hydrogen-bond donors (Lipinski definition) is 4. The Kier molecular flexibility index (Phi) is 41.1. The predicted octanol–water partition coefficient (Wildman–Crippen LogP) is 13.2. The van der Waals surface area contributed by atoms with Crippen LogP contribution in [0.15, 0.2) is 12.2 Å². The second-order valence-corrected chi connectivity index (χ2v) is 16.0. The fourth-order valence-electron chi connectivity index (χ4n) is 7.25. The van der Waals surface area contributed by atoms with Crippen molar-refractivity contribution in [3.63, 3.8) is 0 Å². The summed E-state index contributed by atoms with van der Waals surface area (Å²) in [7, 11) is 0. The molecule has 0 heterocycles. The number of carbonyl (C=O) groups excluding carboxylic acids is 1. The minimum atomic E-state index is -1.08. The number of nitrogens with one attached hydrogen (secondary N) is 1. The van der Waals surface area contributed by atoms with E-state index >= 15 is 0 Å². The minimum absolute atomic E-state index is 0.312. The molecule has 304 valence electrons. The summed E-state index contributed by atoms with van der Waals surface area (Å²) in [5, 5.41) is 33.4. The molecule has 5 heteroatoms. The number of rotatable bonds is 42. The summed E-state index contributed by atoms with van der Waals surface area (Å²) in [6, 6.07) is -0.711. The normalized spacial score (nSPS) is 13.6. The van der Waals surface area contributed by atoms with E-state index in [1.807, 2.05) is 0 Å². The van der Waals surface area contributed by atoms with Gasteiger partial charge in [0.05, 0.1) is 18.8 Å². The maximum atomic E-state index is 12.5. The van der Waals surface area contributed by atoms with Gasteiger partial charge in [-0.2, -0.15) is 0 Å². The van der Waals surface area contributed by atoms with Gasteiger partial charge in [-0.1, -0.05) is 225 Å². The molecule has 5 nitrogen and oxygen atoms in total. The highest BCUT2D eigenvalue weighted by Gasteiger charge is 2.23. The van der Waals surface area contributed by atoms with Crippen molar-refractivity contribution in [3.8, 4) is 0 Å². The second kappa shape index (κ2) is 41.8. The van der Waals surface area contributed by atoms with Crippen molar-refractivity contribution < 1.29 is 20.1 Å². The quantitative estimate of drug-likeness (QED) is 0.0373. The molecule has 0 saturated heterocycles. The van der Waals surface area contributed by atoms with Crippen LogP contribution in [0, 0.1) is 0 Å². The number of unbranched alkanes of at least 4 members (excludes halogenated alkanes) is 32. The van der Waals surface area contributed by atoms with Gasteiger partial charge in [-0.3, -0.25) is 4.79 Å². The van der Waals surface area contributed by atoms with E-state index in [0.717, 1.165) is 32.1 Å². The molecular formula is C46H91NO4. The van der Waals surface area contributed by atoms with Gasteiger partial charge in [0.2, 0.25) is 5.91 Å². The van der Waals surface area contributed by atoms with Crippen molar-refractivity contribution in [2.75, 3.05) is 6.61 Å². The molecule has 0 aliphatic rings. The molecule has 0 bridgehead atoms. The molecule has 0 aliphatic carbocycles. The van der Waals surface area contributed by atoms with Crippen molar-refractivity contribution in [2.45, 2.75) is 270 Å². The highest BCUT2D eigenvalue weighted by atomic mass is 16.3. The van der Waals surface area contributed by atoms with Gasteiger partial charge in [0.15, 0.2) is 0 Å². The Morgan fingerprint density at radius 3 is 1.08 bits per heavy atom. The molecule has 4 N–H and O–H groups in total. The molecule has 0 saturated carbocycles. The number of aliphatic hydroxyl groups excluding tert-OH is 3. The maximum Gasteiger partial charge on any atom is 0.249 e. The van der Waals surface area contributed by atoms with Crippen LogP contribution in [0.2, 0.25) is 0 Å². The lowest BCUT2D eigenvalue weighted by molar-refractivity contribution is -0.131. The Bertz CT molecular complexity index is 713. The fraction of sp³-hybridized carbons (Fsp3) is 0.935. The molecule has 3 unspecified atom stereocenters. The molecule has 0 radical (unpaired) electrons. The molecule has 0 aromatic rings. The summed E-state index contributed by atoms with van der Waals surface area (Å²) in [5.41, 5.74) is 0. The van der Waals surface area contributed by atoms with Crippen molar-refractivity contribution in [3.05, 3.63) is 12.2 Å². The molecule has 0 rings (SSSR count). The van der Waals surface area contributed by atoms with Crippen LogP contribution in [0.1, 0.15) is 251 Å². The van der Waals surface area contributed by atoms with Gasteiger partial charge in [-0.05, 0) is 38.5 Å². The molecule has 0 aliphatic heterocycles. The molecule has 1 amide bonds. The third kappa shape index (κ3) is 37.2. The van der Waals surface area contributed by atoms with Crippen LogP contribution in [0.4, 0.5) is 0 Å². The van der Waals surface area contributed by atoms with Crippen LogP contribution in [-0.2, 0) is 4.79 Å². The lowest BCUT2D eigenvalue weighted by Crippen LogP contribution is -2.49. The first-order valence-electron chi connectivity index (χ1n) is 23.0. The zero-order valence-corrected chi connectivity index (χ0v) is 34.5. The van der Waals surface area contributed by atoms with E-state index in [-0.39, 0.29) is 6.61 Å². The fourth-order valence-corrected chi connectivity index (χ4v) is 7.25. The Hall–Kier alpha value is -0.910. The van der Waals surface area contributed by atoms with Crippen molar-refractivity contribution in [1.82, 2.24) is 5.32 Å². The van der Waals surface area contributed by atoms with Crippen LogP contribution < -0.4 is 5.32 Å². The Morgan fingerprint density at radius 2 is 0.745 bits per heavy atom. The number of amides is 1. The topological polar surface area (TPSA) is 89.8 Å². The van der Waals surface area contributed by atoms with E-state index in [4.69, 9.17) is 0 Å². The summed E-state index contributed by atoms with van der Waals surface area (Å²) in [6.45, 7) is 4.25. The van der Waals surface area contributed by atoms with E-state index in [0.29, 0.717) is 12.8 Å². The van der Waals surface area contributed by atoms with Crippen LogP contribution in [0.3, 0.4) is 0 Å². The third-order valence-electron chi connectivity index (χ3n) is 10.9. The third-order valence-corrected chi connectivity index (χ3v) is 10.9. The summed E-state index contributed by atoms with van der Waals surface area (Å²) in [4.78, 5) is 12.5. The van der Waals surface area contributed by atoms with Crippen LogP contribution >= 0.6 is 0 Å². The lowest BCUT2D eigenvalue weighted by Gasteiger charge is -2.23. The van der Waals surface area contributed by atoms with E-state index in [1.54, 1.807) is 0 Å². The first kappa shape index (κ1) is 50.1. The molecular weight excluding hydrogens is 631 g/mol. The van der Waals surface area contributed by atoms with Crippen LogP contribution in [0.25, 0.3) is 0 Å². The van der Waals surface area contributed by atoms with Gasteiger partial charge < -0.3 is 20.6 Å². The van der Waals surface area contributed by atoms with Gasteiger partial charge in [0.1, 0.15) is 6.10 Å². The van der Waals surface area contributed by atoms with Crippen molar-refractivity contribution in [2.24, 2.45) is 0 Å². The monoisotopic (exact) mass is 722 g/mol. The Balaban J connectivity index is 3.60. The number of allylic oxidation sites excluding steroid dienone is 2. The van der Waals surface area contributed by atoms with Crippen LogP contribution in [0.5, 0.6) is 0 Å². The molecule has 0 fully saturated rings. The van der Waals surface area contributed by atoms with E-state index in [1.165, 1.54) is 193 Å². The van der Waals surface area contributed by atoms with Gasteiger partial charge in [-0.15, -0.1) is 0 Å². The molecule has 3 atom stereocenters. The average Bonchev–Trinajstić information content (AvgIpc) is 3.13. The largest absolute Gasteiger partial charge is 0.394 e. The first-order chi connectivity index (χ1) is 25.1. The molecule has 51 heavy (non-hydrogen) atoms. The van der Waals surface area contributed by atoms with Gasteiger partial charge >= 0.3 is 0 Å². The van der Waals surface area contributed by atoms with Gasteiger partial charge in [-0.25, -0.2) is 0 Å². The van der Waals surface area contributed by atoms with E-state index < -0.39 is 24.2 Å². The van der Waals surface area contributed by atoms with E-state index in [2.05, 4.69) is 31.3 Å².